The van der Waals surface area contributed by atoms with Gasteiger partial charge in [-0.1, -0.05) is 12.1 Å². The number of nitrogens with zero attached hydrogens (tertiary/aromatic N) is 4. The number of hydrogen-bond donors (Lipinski definition) is 0. The molecule has 1 saturated carbocycles. The maximum atomic E-state index is 12.5. The second-order valence-electron chi connectivity index (χ2n) is 10.5. The van der Waals surface area contributed by atoms with Crippen LogP contribution in [0, 0.1) is 19.8 Å². The molecule has 5 heteroatoms. The van der Waals surface area contributed by atoms with E-state index in [1.807, 2.05) is 11.9 Å². The minimum absolute atomic E-state index is 0.222. The monoisotopic (exact) mass is 454 g/mol. The van der Waals surface area contributed by atoms with Gasteiger partial charge < -0.3 is 9.80 Å². The molecule has 2 fully saturated rings. The number of anilines is 2. The van der Waals surface area contributed by atoms with Gasteiger partial charge in [-0.15, -0.1) is 0 Å². The first-order valence-electron chi connectivity index (χ1n) is 12.7. The molecule has 1 aromatic heterocycles. The molecule has 0 N–H and O–H groups in total. The molecule has 2 aliphatic heterocycles. The molecule has 3 atom stereocenters. The highest BCUT2D eigenvalue weighted by molar-refractivity contribution is 6.01. The van der Waals surface area contributed by atoms with Gasteiger partial charge in [-0.3, -0.25) is 14.7 Å². The third-order valence-corrected chi connectivity index (χ3v) is 8.34. The fourth-order valence-electron chi connectivity index (χ4n) is 6.27. The van der Waals surface area contributed by atoms with Crippen LogP contribution >= 0.6 is 0 Å². The van der Waals surface area contributed by atoms with E-state index in [1.165, 1.54) is 27.8 Å². The zero-order chi connectivity index (χ0) is 23.6. The van der Waals surface area contributed by atoms with Crippen molar-refractivity contribution < 1.29 is 4.79 Å². The third kappa shape index (κ3) is 3.49. The summed E-state index contributed by atoms with van der Waals surface area (Å²) < 4.78 is 0. The number of rotatable bonds is 4. The van der Waals surface area contributed by atoms with Crippen molar-refractivity contribution >= 4 is 28.2 Å². The Kier molecular flexibility index (Phi) is 5.14. The second-order valence-corrected chi connectivity index (χ2v) is 10.5. The van der Waals surface area contributed by atoms with E-state index in [4.69, 9.17) is 4.98 Å². The summed E-state index contributed by atoms with van der Waals surface area (Å²) in [6, 6.07) is 15.7. The molecule has 1 saturated heterocycles. The highest BCUT2D eigenvalue weighted by Crippen LogP contribution is 2.56. The molecule has 2 aromatic carbocycles. The fraction of sp³-hybridized carbons (Fsp3) is 0.448. The molecule has 3 heterocycles. The first kappa shape index (κ1) is 21.6. The molecule has 0 radical (unpaired) electrons. The highest BCUT2D eigenvalue weighted by atomic mass is 16.2. The fourth-order valence-corrected chi connectivity index (χ4v) is 6.27. The number of hydrogen-bond acceptors (Lipinski definition) is 4. The minimum Gasteiger partial charge on any atom is -0.368 e. The number of aryl methyl sites for hydroxylation is 2. The topological polar surface area (TPSA) is 39.7 Å². The van der Waals surface area contributed by atoms with Gasteiger partial charge in [-0.2, -0.15) is 0 Å². The number of benzene rings is 2. The number of carbonyl (C=O) groups excluding carboxylic acids is 1. The average Bonchev–Trinajstić information content (AvgIpc) is 3.63. The van der Waals surface area contributed by atoms with Crippen molar-refractivity contribution in [1.82, 2.24) is 9.88 Å². The lowest BCUT2D eigenvalue weighted by molar-refractivity contribution is -0.119. The first-order chi connectivity index (χ1) is 16.4. The molecule has 6 rings (SSSR count). The predicted molar refractivity (Wildman–Crippen MR) is 139 cm³/mol. The Morgan fingerprint density at radius 1 is 1.00 bits per heavy atom. The molecule has 1 amide bonds. The van der Waals surface area contributed by atoms with E-state index in [0.29, 0.717) is 17.9 Å². The Morgan fingerprint density at radius 3 is 2.68 bits per heavy atom. The van der Waals surface area contributed by atoms with Crippen molar-refractivity contribution in [2.45, 2.75) is 45.6 Å². The predicted octanol–water partition coefficient (Wildman–Crippen LogP) is 4.68. The van der Waals surface area contributed by atoms with Crippen molar-refractivity contribution in [1.29, 1.82) is 0 Å². The van der Waals surface area contributed by atoms with Gasteiger partial charge in [0, 0.05) is 67.6 Å². The Labute approximate surface area is 202 Å². The minimum atomic E-state index is 0.222. The summed E-state index contributed by atoms with van der Waals surface area (Å²) in [4.78, 5) is 24.3. The van der Waals surface area contributed by atoms with Crippen LogP contribution in [-0.4, -0.2) is 55.1 Å². The zero-order valence-corrected chi connectivity index (χ0v) is 20.7. The Bertz CT molecular complexity index is 1280. The van der Waals surface area contributed by atoms with Crippen molar-refractivity contribution in [3.05, 3.63) is 64.8 Å². The van der Waals surface area contributed by atoms with Crippen molar-refractivity contribution in [2.75, 3.05) is 43.0 Å². The van der Waals surface area contributed by atoms with Crippen LogP contribution in [0.3, 0.4) is 0 Å². The molecule has 2 unspecified atom stereocenters. The van der Waals surface area contributed by atoms with Crippen LogP contribution in [0.25, 0.3) is 10.9 Å². The van der Waals surface area contributed by atoms with E-state index < -0.39 is 0 Å². The molecular weight excluding hydrogens is 420 g/mol. The normalized spacial score (nSPS) is 24.4. The highest BCUT2D eigenvalue weighted by Gasteiger charge is 2.51. The van der Waals surface area contributed by atoms with Crippen LogP contribution < -0.4 is 9.80 Å². The number of pyridine rings is 1. The number of aromatic nitrogens is 1. The van der Waals surface area contributed by atoms with E-state index in [2.05, 4.69) is 73.0 Å². The molecule has 3 aliphatic rings. The van der Waals surface area contributed by atoms with Gasteiger partial charge in [0.2, 0.25) is 5.91 Å². The van der Waals surface area contributed by atoms with Crippen molar-refractivity contribution in [2.24, 2.45) is 5.92 Å². The van der Waals surface area contributed by atoms with Crippen LogP contribution in [0.4, 0.5) is 11.4 Å². The van der Waals surface area contributed by atoms with Gasteiger partial charge in [0.15, 0.2) is 0 Å². The van der Waals surface area contributed by atoms with E-state index in [0.717, 1.165) is 55.9 Å². The summed E-state index contributed by atoms with van der Waals surface area (Å²) in [5, 5.41) is 1.25. The van der Waals surface area contributed by atoms with Gasteiger partial charge in [0.05, 0.1) is 5.52 Å². The van der Waals surface area contributed by atoms with E-state index in [-0.39, 0.29) is 5.92 Å². The maximum Gasteiger partial charge on any atom is 0.230 e. The van der Waals surface area contributed by atoms with Gasteiger partial charge in [0.1, 0.15) is 0 Å². The SMILES string of the molecule is Cc1ccc2c(N3CCN(CCc4c(C)ccc5c4C4CC4C(=O)N5C)[C@@H](C)C3)cccc2n1. The summed E-state index contributed by atoms with van der Waals surface area (Å²) in [5.74, 6) is 0.974. The zero-order valence-electron chi connectivity index (χ0n) is 20.7. The largest absolute Gasteiger partial charge is 0.368 e. The number of fused-ring (bicyclic) bond motifs is 4. The van der Waals surface area contributed by atoms with E-state index >= 15 is 0 Å². The molecule has 3 aromatic rings. The van der Waals surface area contributed by atoms with Crippen LogP contribution in [0.1, 0.15) is 41.6 Å². The summed E-state index contributed by atoms with van der Waals surface area (Å²) >= 11 is 0. The third-order valence-electron chi connectivity index (χ3n) is 8.34. The summed E-state index contributed by atoms with van der Waals surface area (Å²) in [6.07, 6.45) is 2.09. The van der Waals surface area contributed by atoms with Gasteiger partial charge >= 0.3 is 0 Å². The standard InChI is InChI=1S/C29H34N4O/c1-18-8-11-27-28(23-16-24(23)29(34)31(27)4)21(18)12-13-32-14-15-33(17-20(32)3)26-7-5-6-25-22(26)10-9-19(2)30-25/h5-11,20,23-24H,12-17H2,1-4H3/t20-,23?,24?/m0/s1. The number of carbonyl (C=O) groups is 1. The molecule has 1 aliphatic carbocycles. The number of amides is 1. The van der Waals surface area contributed by atoms with Crippen LogP contribution in [-0.2, 0) is 11.2 Å². The maximum absolute atomic E-state index is 12.5. The van der Waals surface area contributed by atoms with E-state index in [9.17, 15) is 4.79 Å². The molecule has 5 nitrogen and oxygen atoms in total. The lowest BCUT2D eigenvalue weighted by Crippen LogP contribution is -2.52. The van der Waals surface area contributed by atoms with Gasteiger partial charge in [0.25, 0.3) is 0 Å². The van der Waals surface area contributed by atoms with E-state index in [1.54, 1.807) is 0 Å². The smallest absolute Gasteiger partial charge is 0.230 e. The Hall–Kier alpha value is -2.92. The molecule has 0 bridgehead atoms. The Morgan fingerprint density at radius 2 is 1.85 bits per heavy atom. The van der Waals surface area contributed by atoms with Gasteiger partial charge in [-0.25, -0.2) is 0 Å². The van der Waals surface area contributed by atoms with Crippen molar-refractivity contribution in [3.8, 4) is 0 Å². The van der Waals surface area contributed by atoms with Crippen LogP contribution in [0.15, 0.2) is 42.5 Å². The van der Waals surface area contributed by atoms with Crippen LogP contribution in [0.2, 0.25) is 0 Å². The summed E-state index contributed by atoms with van der Waals surface area (Å²) in [6.45, 7) is 10.8. The van der Waals surface area contributed by atoms with Gasteiger partial charge in [-0.05, 0) is 86.6 Å². The molecule has 34 heavy (non-hydrogen) atoms. The lowest BCUT2D eigenvalue weighted by atomic mass is 9.90. The average molecular weight is 455 g/mol. The first-order valence-corrected chi connectivity index (χ1v) is 12.7. The Balaban J connectivity index is 1.18. The van der Waals surface area contributed by atoms with Crippen LogP contribution in [0.5, 0.6) is 0 Å². The summed E-state index contributed by atoms with van der Waals surface area (Å²) in [5.41, 5.74) is 8.90. The second kappa shape index (κ2) is 8.09. The number of piperazine rings is 1. The molecule has 176 valence electrons. The van der Waals surface area contributed by atoms with Crippen molar-refractivity contribution in [3.63, 3.8) is 0 Å². The summed E-state index contributed by atoms with van der Waals surface area (Å²) in [7, 11) is 1.94. The quantitative estimate of drug-likeness (QED) is 0.574. The lowest BCUT2D eigenvalue weighted by Gasteiger charge is -2.41. The molecular formula is C29H34N4O. The molecule has 0 spiro atoms.